The summed E-state index contributed by atoms with van der Waals surface area (Å²) in [6.07, 6.45) is -6.58. The molecule has 0 aromatic heterocycles. The molecule has 0 spiro atoms. The van der Waals surface area contributed by atoms with E-state index in [1.54, 1.807) is 25.1 Å². The Hall–Kier alpha value is -3.44. The molecular weight excluding hydrogens is 457 g/mol. The van der Waals surface area contributed by atoms with Crippen molar-refractivity contribution >= 4 is 23.5 Å². The average Bonchev–Trinajstić information content (AvgIpc) is 3.23. The van der Waals surface area contributed by atoms with Crippen LogP contribution >= 0.6 is 0 Å². The Morgan fingerprint density at radius 2 is 1.82 bits per heavy atom. The van der Waals surface area contributed by atoms with Gasteiger partial charge in [-0.1, -0.05) is 30.3 Å². The Kier molecular flexibility index (Phi) is 5.65. The first-order valence-corrected chi connectivity index (χ1v) is 10.4. The zero-order valence-corrected chi connectivity index (χ0v) is 18.0. The van der Waals surface area contributed by atoms with Crippen LogP contribution in [0.15, 0.2) is 48.5 Å². The molecule has 2 aromatic carbocycles. The maximum atomic E-state index is 13.6. The number of imide groups is 1. The fourth-order valence-electron chi connectivity index (χ4n) is 4.94. The van der Waals surface area contributed by atoms with Gasteiger partial charge in [0.1, 0.15) is 5.75 Å². The van der Waals surface area contributed by atoms with E-state index in [4.69, 9.17) is 0 Å². The first-order valence-electron chi connectivity index (χ1n) is 10.4. The van der Waals surface area contributed by atoms with Crippen LogP contribution in [0.25, 0.3) is 0 Å². The fraction of sp³-hybridized carbons (Fsp3) is 0.348. The minimum atomic E-state index is -4.96. The van der Waals surface area contributed by atoms with Crippen LogP contribution in [-0.4, -0.2) is 46.0 Å². The number of ether oxygens (including phenoxy) is 1. The van der Waals surface area contributed by atoms with Gasteiger partial charge in [0.15, 0.2) is 5.54 Å². The predicted octanol–water partition coefficient (Wildman–Crippen LogP) is 2.55. The molecule has 2 heterocycles. The number of amides is 2. The van der Waals surface area contributed by atoms with E-state index in [-0.39, 0.29) is 11.3 Å². The number of anilines is 1. The summed E-state index contributed by atoms with van der Waals surface area (Å²) in [5.74, 6) is -6.46. The van der Waals surface area contributed by atoms with Crippen LogP contribution in [0.3, 0.4) is 0 Å². The number of hydrogen-bond donors (Lipinski definition) is 3. The molecule has 0 saturated carbocycles. The molecule has 8 nitrogen and oxygen atoms in total. The van der Waals surface area contributed by atoms with Crippen molar-refractivity contribution in [1.82, 2.24) is 5.32 Å². The highest BCUT2D eigenvalue weighted by Gasteiger charge is 2.70. The van der Waals surface area contributed by atoms with Crippen molar-refractivity contribution in [2.45, 2.75) is 37.9 Å². The van der Waals surface area contributed by atoms with Gasteiger partial charge in [0.2, 0.25) is 11.8 Å². The molecule has 2 aromatic rings. The quantitative estimate of drug-likeness (QED) is 0.566. The number of benzene rings is 2. The van der Waals surface area contributed by atoms with Gasteiger partial charge in [-0.25, -0.2) is 4.90 Å². The molecule has 180 valence electrons. The molecule has 2 saturated heterocycles. The number of alkyl halides is 3. The standard InChI is InChI=1S/C23H21F3N2O6/c1-11-6-3-4-9-15(11)28-19(30)16-17(20(28)31)22(12(2)29,21(32)33)27-18(16)13-7-5-8-14(10-13)34-23(24,25)26/h3-10,12,16-18,27,29H,1-2H3,(H,32,33). The Morgan fingerprint density at radius 1 is 1.15 bits per heavy atom. The third kappa shape index (κ3) is 3.61. The van der Waals surface area contributed by atoms with E-state index in [9.17, 15) is 37.8 Å². The summed E-state index contributed by atoms with van der Waals surface area (Å²) < 4.78 is 42.2. The lowest BCUT2D eigenvalue weighted by molar-refractivity contribution is -0.274. The average molecular weight is 478 g/mol. The van der Waals surface area contributed by atoms with Crippen molar-refractivity contribution in [2.75, 3.05) is 4.90 Å². The Labute approximate surface area is 191 Å². The van der Waals surface area contributed by atoms with Crippen LogP contribution in [0.5, 0.6) is 5.75 Å². The number of carbonyl (C=O) groups excluding carboxylic acids is 2. The molecule has 2 aliphatic heterocycles. The fourth-order valence-corrected chi connectivity index (χ4v) is 4.94. The van der Waals surface area contributed by atoms with Gasteiger partial charge in [-0.3, -0.25) is 19.7 Å². The molecule has 2 aliphatic rings. The molecule has 0 radical (unpaired) electrons. The van der Waals surface area contributed by atoms with Crippen molar-refractivity contribution in [3.05, 3.63) is 59.7 Å². The van der Waals surface area contributed by atoms with E-state index in [2.05, 4.69) is 10.1 Å². The zero-order valence-electron chi connectivity index (χ0n) is 18.0. The van der Waals surface area contributed by atoms with Crippen LogP contribution in [0.2, 0.25) is 0 Å². The molecule has 5 unspecified atom stereocenters. The van der Waals surface area contributed by atoms with E-state index < -0.39 is 59.4 Å². The SMILES string of the molecule is Cc1ccccc1N1C(=O)C2C(c3cccc(OC(F)(F)F)c3)NC(C(=O)O)(C(C)O)C2C1=O. The van der Waals surface area contributed by atoms with Crippen molar-refractivity contribution in [3.8, 4) is 5.75 Å². The lowest BCUT2D eigenvalue weighted by Crippen LogP contribution is -2.62. The number of carbonyl (C=O) groups is 3. The summed E-state index contributed by atoms with van der Waals surface area (Å²) in [6, 6.07) is 10.1. The minimum absolute atomic E-state index is 0.105. The molecule has 2 amide bonds. The molecule has 3 N–H and O–H groups in total. The Morgan fingerprint density at radius 3 is 2.41 bits per heavy atom. The topological polar surface area (TPSA) is 116 Å². The molecule has 0 bridgehead atoms. The normalized spacial score (nSPS) is 27.6. The maximum absolute atomic E-state index is 13.6. The Balaban J connectivity index is 1.86. The predicted molar refractivity (Wildman–Crippen MR) is 112 cm³/mol. The summed E-state index contributed by atoms with van der Waals surface area (Å²) in [5.41, 5.74) is -1.29. The van der Waals surface area contributed by atoms with Crippen LogP contribution in [0.4, 0.5) is 18.9 Å². The minimum Gasteiger partial charge on any atom is -0.480 e. The molecule has 4 rings (SSSR count). The van der Waals surface area contributed by atoms with Gasteiger partial charge in [0.25, 0.3) is 0 Å². The number of rotatable bonds is 5. The highest BCUT2D eigenvalue weighted by Crippen LogP contribution is 2.51. The van der Waals surface area contributed by atoms with Crippen molar-refractivity contribution in [2.24, 2.45) is 11.8 Å². The van der Waals surface area contributed by atoms with E-state index in [0.717, 1.165) is 17.0 Å². The summed E-state index contributed by atoms with van der Waals surface area (Å²) in [5, 5.41) is 23.3. The maximum Gasteiger partial charge on any atom is 0.573 e. The second-order valence-corrected chi connectivity index (χ2v) is 8.39. The monoisotopic (exact) mass is 478 g/mol. The van der Waals surface area contributed by atoms with Crippen LogP contribution in [0.1, 0.15) is 24.1 Å². The number of hydrogen-bond acceptors (Lipinski definition) is 6. The van der Waals surface area contributed by atoms with Crippen molar-refractivity contribution in [3.63, 3.8) is 0 Å². The lowest BCUT2D eigenvalue weighted by Gasteiger charge is -2.33. The van der Waals surface area contributed by atoms with E-state index in [1.165, 1.54) is 25.1 Å². The van der Waals surface area contributed by atoms with Crippen LogP contribution in [-0.2, 0) is 14.4 Å². The molecular formula is C23H21F3N2O6. The molecule has 2 fully saturated rings. The van der Waals surface area contributed by atoms with Gasteiger partial charge in [-0.05, 0) is 43.2 Å². The number of aryl methyl sites for hydroxylation is 1. The lowest BCUT2D eigenvalue weighted by atomic mass is 9.76. The summed E-state index contributed by atoms with van der Waals surface area (Å²) in [4.78, 5) is 40.4. The number of aliphatic carboxylic acids is 1. The number of para-hydroxylation sites is 1. The number of nitrogens with one attached hydrogen (secondary N) is 1. The van der Waals surface area contributed by atoms with E-state index >= 15 is 0 Å². The molecule has 0 aliphatic carbocycles. The van der Waals surface area contributed by atoms with Gasteiger partial charge in [0, 0.05) is 6.04 Å². The first kappa shape index (κ1) is 23.7. The molecule has 5 atom stereocenters. The van der Waals surface area contributed by atoms with Gasteiger partial charge >= 0.3 is 12.3 Å². The largest absolute Gasteiger partial charge is 0.573 e. The summed E-state index contributed by atoms with van der Waals surface area (Å²) in [7, 11) is 0. The number of carboxylic acids is 1. The highest BCUT2D eigenvalue weighted by atomic mass is 19.4. The highest BCUT2D eigenvalue weighted by molar-refractivity contribution is 6.24. The van der Waals surface area contributed by atoms with Crippen LogP contribution < -0.4 is 15.0 Å². The number of nitrogens with zero attached hydrogens (tertiary/aromatic N) is 1. The van der Waals surface area contributed by atoms with Crippen LogP contribution in [0, 0.1) is 18.8 Å². The first-order chi connectivity index (χ1) is 15.9. The summed E-state index contributed by atoms with van der Waals surface area (Å²) >= 11 is 0. The zero-order chi connectivity index (χ0) is 25.0. The number of aliphatic hydroxyl groups excluding tert-OH is 1. The molecule has 34 heavy (non-hydrogen) atoms. The van der Waals surface area contributed by atoms with Gasteiger partial charge in [-0.2, -0.15) is 0 Å². The summed E-state index contributed by atoms with van der Waals surface area (Å²) in [6.45, 7) is 2.86. The van der Waals surface area contributed by atoms with E-state index in [1.807, 2.05) is 0 Å². The Bertz CT molecular complexity index is 1170. The van der Waals surface area contributed by atoms with Crippen molar-refractivity contribution < 1.29 is 42.5 Å². The van der Waals surface area contributed by atoms with Gasteiger partial charge in [-0.15, -0.1) is 13.2 Å². The molecule has 11 heteroatoms. The number of halogens is 3. The van der Waals surface area contributed by atoms with E-state index in [0.29, 0.717) is 5.56 Å². The van der Waals surface area contributed by atoms with Gasteiger partial charge in [0.05, 0.1) is 23.6 Å². The third-order valence-corrected chi connectivity index (χ3v) is 6.42. The third-order valence-electron chi connectivity index (χ3n) is 6.42. The number of fused-ring (bicyclic) bond motifs is 1. The number of aliphatic hydroxyl groups is 1. The van der Waals surface area contributed by atoms with Crippen molar-refractivity contribution in [1.29, 1.82) is 0 Å². The number of carboxylic acid groups (broad SMARTS) is 1. The second-order valence-electron chi connectivity index (χ2n) is 8.39. The van der Waals surface area contributed by atoms with Gasteiger partial charge < -0.3 is 14.9 Å². The smallest absolute Gasteiger partial charge is 0.480 e. The second kappa shape index (κ2) is 8.10.